The van der Waals surface area contributed by atoms with Gasteiger partial charge in [-0.05, 0) is 25.7 Å². The Morgan fingerprint density at radius 3 is 1.28 bits per heavy atom. The molecule has 2 N–H and O–H groups in total. The lowest BCUT2D eigenvalue weighted by molar-refractivity contribution is -0.147. The number of carbonyl (C=O) groups is 4. The lowest BCUT2D eigenvalue weighted by atomic mass is 10.2. The van der Waals surface area contributed by atoms with Crippen molar-refractivity contribution in [2.45, 2.75) is 51.4 Å². The van der Waals surface area contributed by atoms with Crippen LogP contribution in [0.5, 0.6) is 0 Å². The molecule has 0 unspecified atom stereocenters. The molecule has 0 aromatic carbocycles. The van der Waals surface area contributed by atoms with Gasteiger partial charge in [0.1, 0.15) is 13.2 Å². The zero-order chi connectivity index (χ0) is 18.9. The van der Waals surface area contributed by atoms with Gasteiger partial charge in [0.25, 0.3) is 0 Å². The Labute approximate surface area is 146 Å². The number of unbranched alkanes of at least 4 members (excludes halogenated alkanes) is 2. The van der Waals surface area contributed by atoms with Crippen molar-refractivity contribution in [3.63, 3.8) is 0 Å². The molecule has 0 fully saturated rings. The molecule has 25 heavy (non-hydrogen) atoms. The van der Waals surface area contributed by atoms with E-state index in [2.05, 4.69) is 0 Å². The average Bonchev–Trinajstić information content (AvgIpc) is 2.54. The molecule has 0 aromatic heterocycles. The minimum absolute atomic E-state index is 0.0364. The van der Waals surface area contributed by atoms with E-state index in [4.69, 9.17) is 24.4 Å². The summed E-state index contributed by atoms with van der Waals surface area (Å²) in [7, 11) is 0. The van der Waals surface area contributed by atoms with Crippen LogP contribution in [0.1, 0.15) is 51.4 Å². The highest BCUT2D eigenvalue weighted by molar-refractivity contribution is 5.70. The maximum absolute atomic E-state index is 11.3. The molecule has 0 amide bonds. The van der Waals surface area contributed by atoms with E-state index >= 15 is 0 Å². The third-order valence-electron chi connectivity index (χ3n) is 3.02. The summed E-state index contributed by atoms with van der Waals surface area (Å²) in [6.07, 6.45) is 2.22. The highest BCUT2D eigenvalue weighted by atomic mass is 16.6. The van der Waals surface area contributed by atoms with Crippen LogP contribution >= 0.6 is 0 Å². The van der Waals surface area contributed by atoms with Gasteiger partial charge >= 0.3 is 23.9 Å². The molecule has 9 heteroatoms. The molecule has 144 valence electrons. The summed E-state index contributed by atoms with van der Waals surface area (Å²) in [6, 6.07) is 0. The van der Waals surface area contributed by atoms with Crippen molar-refractivity contribution < 1.29 is 43.6 Å². The molecular formula is C16H26O9. The maximum Gasteiger partial charge on any atom is 0.305 e. The van der Waals surface area contributed by atoms with Gasteiger partial charge in [-0.2, -0.15) is 0 Å². The first-order chi connectivity index (χ1) is 11.9. The van der Waals surface area contributed by atoms with Crippen molar-refractivity contribution in [1.29, 1.82) is 0 Å². The van der Waals surface area contributed by atoms with Crippen molar-refractivity contribution in [3.05, 3.63) is 0 Å². The molecule has 0 radical (unpaired) electrons. The Kier molecular flexibility index (Phi) is 14.0. The molecule has 0 rings (SSSR count). The summed E-state index contributed by atoms with van der Waals surface area (Å²) in [4.78, 5) is 43.2. The van der Waals surface area contributed by atoms with Crippen LogP contribution < -0.4 is 0 Å². The number of carboxylic acids is 2. The number of hydrogen-bond donors (Lipinski definition) is 2. The fourth-order valence-corrected chi connectivity index (χ4v) is 1.77. The summed E-state index contributed by atoms with van der Waals surface area (Å²) < 4.78 is 14.9. The Hall–Kier alpha value is -2.16. The van der Waals surface area contributed by atoms with Gasteiger partial charge in [-0.15, -0.1) is 0 Å². The standard InChI is InChI=1S/C16H26O9/c17-13(18)5-1-3-7-15(21)24-11-9-23-10-12-25-16(22)8-4-2-6-14(19)20/h1-12H2,(H,17,18)(H,19,20). The topological polar surface area (TPSA) is 136 Å². The molecule has 0 spiro atoms. The first-order valence-corrected chi connectivity index (χ1v) is 8.24. The fraction of sp³-hybridized carbons (Fsp3) is 0.750. The van der Waals surface area contributed by atoms with Crippen molar-refractivity contribution in [1.82, 2.24) is 0 Å². The van der Waals surface area contributed by atoms with Crippen molar-refractivity contribution in [2.75, 3.05) is 26.4 Å². The van der Waals surface area contributed by atoms with Gasteiger partial charge in [0.15, 0.2) is 0 Å². The van der Waals surface area contributed by atoms with Gasteiger partial charge < -0.3 is 24.4 Å². The first kappa shape index (κ1) is 22.8. The lowest BCUT2D eigenvalue weighted by Crippen LogP contribution is -2.14. The number of rotatable bonds is 16. The Balaban J connectivity index is 3.34. The van der Waals surface area contributed by atoms with Crippen LogP contribution in [-0.2, 0) is 33.4 Å². The third kappa shape index (κ3) is 18.0. The summed E-state index contributed by atoms with van der Waals surface area (Å²) in [5.74, 6) is -2.57. The highest BCUT2D eigenvalue weighted by Gasteiger charge is 2.05. The van der Waals surface area contributed by atoms with Crippen LogP contribution in [-0.4, -0.2) is 60.5 Å². The number of carboxylic acid groups (broad SMARTS) is 2. The predicted molar refractivity (Wildman–Crippen MR) is 84.9 cm³/mol. The van der Waals surface area contributed by atoms with Crippen LogP contribution in [0.15, 0.2) is 0 Å². The van der Waals surface area contributed by atoms with Crippen molar-refractivity contribution in [3.8, 4) is 0 Å². The van der Waals surface area contributed by atoms with Crippen molar-refractivity contribution >= 4 is 23.9 Å². The average molecular weight is 362 g/mol. The molecule has 0 atom stereocenters. The fourth-order valence-electron chi connectivity index (χ4n) is 1.77. The van der Waals surface area contributed by atoms with Crippen LogP contribution in [0.3, 0.4) is 0 Å². The van der Waals surface area contributed by atoms with E-state index in [1.165, 1.54) is 0 Å². The van der Waals surface area contributed by atoms with Crippen LogP contribution in [0, 0.1) is 0 Å². The number of esters is 2. The van der Waals surface area contributed by atoms with Crippen LogP contribution in [0.2, 0.25) is 0 Å². The number of hydrogen-bond acceptors (Lipinski definition) is 7. The monoisotopic (exact) mass is 362 g/mol. The highest BCUT2D eigenvalue weighted by Crippen LogP contribution is 2.02. The van der Waals surface area contributed by atoms with E-state index in [9.17, 15) is 19.2 Å². The lowest BCUT2D eigenvalue weighted by Gasteiger charge is -2.07. The molecular weight excluding hydrogens is 336 g/mol. The summed E-state index contributed by atoms with van der Waals surface area (Å²) in [5, 5.41) is 16.9. The quantitative estimate of drug-likeness (QED) is 0.308. The van der Waals surface area contributed by atoms with E-state index in [1.54, 1.807) is 0 Å². The SMILES string of the molecule is O=C(O)CCCCC(=O)OCCOCCOC(=O)CCCCC(=O)O. The number of aliphatic carboxylic acids is 2. The Morgan fingerprint density at radius 2 is 0.920 bits per heavy atom. The van der Waals surface area contributed by atoms with E-state index in [0.29, 0.717) is 25.7 Å². The summed E-state index contributed by atoms with van der Waals surface area (Å²) in [5.41, 5.74) is 0. The van der Waals surface area contributed by atoms with Gasteiger partial charge in [0.05, 0.1) is 13.2 Å². The minimum Gasteiger partial charge on any atom is -0.481 e. The van der Waals surface area contributed by atoms with E-state index in [0.717, 1.165) is 0 Å². The zero-order valence-electron chi connectivity index (χ0n) is 14.2. The van der Waals surface area contributed by atoms with Crippen LogP contribution in [0.4, 0.5) is 0 Å². The van der Waals surface area contributed by atoms with E-state index in [-0.39, 0.29) is 52.1 Å². The summed E-state index contributed by atoms with van der Waals surface area (Å²) >= 11 is 0. The first-order valence-electron chi connectivity index (χ1n) is 8.24. The molecule has 0 aliphatic heterocycles. The Morgan fingerprint density at radius 1 is 0.560 bits per heavy atom. The third-order valence-corrected chi connectivity index (χ3v) is 3.02. The molecule has 0 aromatic rings. The molecule has 0 saturated heterocycles. The number of ether oxygens (including phenoxy) is 3. The van der Waals surface area contributed by atoms with Gasteiger partial charge in [-0.3, -0.25) is 19.2 Å². The molecule has 0 aliphatic carbocycles. The van der Waals surface area contributed by atoms with Gasteiger partial charge in [0.2, 0.25) is 0 Å². The second-order valence-corrected chi connectivity index (χ2v) is 5.26. The largest absolute Gasteiger partial charge is 0.481 e. The molecule has 0 heterocycles. The maximum atomic E-state index is 11.3. The molecule has 0 aliphatic rings. The van der Waals surface area contributed by atoms with Crippen LogP contribution in [0.25, 0.3) is 0 Å². The molecule has 0 saturated carbocycles. The summed E-state index contributed by atoms with van der Waals surface area (Å²) in [6.45, 7) is 0.524. The molecule has 9 nitrogen and oxygen atoms in total. The second-order valence-electron chi connectivity index (χ2n) is 5.26. The van der Waals surface area contributed by atoms with Gasteiger partial charge in [-0.1, -0.05) is 0 Å². The normalized spacial score (nSPS) is 10.2. The predicted octanol–water partition coefficient (Wildman–Crippen LogP) is 1.38. The second kappa shape index (κ2) is 15.4. The van der Waals surface area contributed by atoms with E-state index < -0.39 is 23.9 Å². The van der Waals surface area contributed by atoms with E-state index in [1.807, 2.05) is 0 Å². The van der Waals surface area contributed by atoms with Gasteiger partial charge in [0, 0.05) is 25.7 Å². The minimum atomic E-state index is -0.886. The molecule has 0 bridgehead atoms. The van der Waals surface area contributed by atoms with Crippen molar-refractivity contribution in [2.24, 2.45) is 0 Å². The zero-order valence-corrected chi connectivity index (χ0v) is 14.2. The number of carbonyl (C=O) groups excluding carboxylic acids is 2. The smallest absolute Gasteiger partial charge is 0.305 e. The van der Waals surface area contributed by atoms with Gasteiger partial charge in [-0.25, -0.2) is 0 Å². The Bertz CT molecular complexity index is 382.